The van der Waals surface area contributed by atoms with E-state index < -0.39 is 17.6 Å². The summed E-state index contributed by atoms with van der Waals surface area (Å²) in [5, 5.41) is 0.656. The third-order valence-corrected chi connectivity index (χ3v) is 5.82. The van der Waals surface area contributed by atoms with Crippen LogP contribution < -0.4 is 0 Å². The van der Waals surface area contributed by atoms with E-state index in [-0.39, 0.29) is 11.3 Å². The standard InChI is InChI=1S/C24H20F2N2O2S/c1-2-30-23(29)17-11-12-21-20(13-17)27-24(28(21)14-16-7-4-3-5-8-16)31-15-18-9-6-10-19(25)22(18)26/h3-13H,2,14-15H2,1H3. The Morgan fingerprint density at radius 1 is 1.06 bits per heavy atom. The second-order valence-corrected chi connectivity index (χ2v) is 7.83. The predicted molar refractivity (Wildman–Crippen MR) is 117 cm³/mol. The molecule has 0 aliphatic heterocycles. The Bertz CT molecular complexity index is 1230. The zero-order chi connectivity index (χ0) is 21.8. The molecule has 7 heteroatoms. The zero-order valence-corrected chi connectivity index (χ0v) is 17.7. The number of carbonyl (C=O) groups is 1. The summed E-state index contributed by atoms with van der Waals surface area (Å²) >= 11 is 1.32. The first kappa shape index (κ1) is 21.1. The van der Waals surface area contributed by atoms with Crippen molar-refractivity contribution < 1.29 is 18.3 Å². The molecular formula is C24H20F2N2O2S. The molecule has 0 unspecified atom stereocenters. The molecule has 1 heterocycles. The number of rotatable bonds is 7. The summed E-state index contributed by atoms with van der Waals surface area (Å²) in [6.07, 6.45) is 0. The van der Waals surface area contributed by atoms with Gasteiger partial charge in [-0.15, -0.1) is 0 Å². The van der Waals surface area contributed by atoms with Crippen LogP contribution in [0.1, 0.15) is 28.4 Å². The number of imidazole rings is 1. The quantitative estimate of drug-likeness (QED) is 0.269. The normalized spacial score (nSPS) is 11.1. The lowest BCUT2D eigenvalue weighted by Crippen LogP contribution is -2.05. The van der Waals surface area contributed by atoms with Gasteiger partial charge in [-0.2, -0.15) is 0 Å². The highest BCUT2D eigenvalue weighted by molar-refractivity contribution is 7.98. The van der Waals surface area contributed by atoms with E-state index in [1.165, 1.54) is 17.8 Å². The van der Waals surface area contributed by atoms with E-state index in [1.54, 1.807) is 25.1 Å². The van der Waals surface area contributed by atoms with Crippen molar-refractivity contribution in [3.8, 4) is 0 Å². The number of nitrogens with zero attached hydrogens (tertiary/aromatic N) is 2. The Morgan fingerprint density at radius 3 is 2.65 bits per heavy atom. The van der Waals surface area contributed by atoms with Crippen molar-refractivity contribution in [2.75, 3.05) is 6.61 Å². The zero-order valence-electron chi connectivity index (χ0n) is 16.8. The second kappa shape index (κ2) is 9.31. The SMILES string of the molecule is CCOC(=O)c1ccc2c(c1)nc(SCc1cccc(F)c1F)n2Cc1ccccc1. The van der Waals surface area contributed by atoms with Gasteiger partial charge in [0.25, 0.3) is 0 Å². The first-order valence-electron chi connectivity index (χ1n) is 9.84. The Kier molecular flexibility index (Phi) is 6.32. The summed E-state index contributed by atoms with van der Waals surface area (Å²) in [6, 6.07) is 19.3. The van der Waals surface area contributed by atoms with E-state index in [0.717, 1.165) is 17.1 Å². The van der Waals surface area contributed by atoms with Gasteiger partial charge in [0.05, 0.1) is 29.7 Å². The maximum absolute atomic E-state index is 14.1. The number of aromatic nitrogens is 2. The van der Waals surface area contributed by atoms with E-state index in [2.05, 4.69) is 4.98 Å². The van der Waals surface area contributed by atoms with Crippen molar-refractivity contribution in [3.63, 3.8) is 0 Å². The fourth-order valence-electron chi connectivity index (χ4n) is 3.28. The van der Waals surface area contributed by atoms with Crippen molar-refractivity contribution in [2.45, 2.75) is 24.4 Å². The lowest BCUT2D eigenvalue weighted by Gasteiger charge is -2.10. The summed E-state index contributed by atoms with van der Waals surface area (Å²) in [6.45, 7) is 2.61. The summed E-state index contributed by atoms with van der Waals surface area (Å²) in [5.74, 6) is -1.88. The Morgan fingerprint density at radius 2 is 1.87 bits per heavy atom. The smallest absolute Gasteiger partial charge is 0.338 e. The molecule has 0 saturated heterocycles. The topological polar surface area (TPSA) is 44.1 Å². The van der Waals surface area contributed by atoms with Gasteiger partial charge < -0.3 is 9.30 Å². The lowest BCUT2D eigenvalue weighted by molar-refractivity contribution is 0.0526. The van der Waals surface area contributed by atoms with E-state index in [9.17, 15) is 13.6 Å². The summed E-state index contributed by atoms with van der Waals surface area (Å²) < 4.78 is 34.8. The fourth-order valence-corrected chi connectivity index (χ4v) is 4.27. The van der Waals surface area contributed by atoms with Crippen LogP contribution in [0.5, 0.6) is 0 Å². The number of esters is 1. The molecule has 4 nitrogen and oxygen atoms in total. The van der Waals surface area contributed by atoms with Gasteiger partial charge in [0.2, 0.25) is 0 Å². The third-order valence-electron chi connectivity index (χ3n) is 4.80. The average Bonchev–Trinajstić information content (AvgIpc) is 3.12. The molecule has 3 aromatic carbocycles. The van der Waals surface area contributed by atoms with E-state index in [0.29, 0.717) is 29.4 Å². The highest BCUT2D eigenvalue weighted by Crippen LogP contribution is 2.29. The summed E-state index contributed by atoms with van der Waals surface area (Å²) in [4.78, 5) is 16.8. The molecular weight excluding hydrogens is 418 g/mol. The number of hydrogen-bond donors (Lipinski definition) is 0. The molecule has 0 spiro atoms. The average molecular weight is 438 g/mol. The van der Waals surface area contributed by atoms with Crippen LogP contribution in [0.4, 0.5) is 8.78 Å². The van der Waals surface area contributed by atoms with Crippen molar-refractivity contribution in [2.24, 2.45) is 0 Å². The summed E-state index contributed by atoms with van der Waals surface area (Å²) in [7, 11) is 0. The molecule has 31 heavy (non-hydrogen) atoms. The van der Waals surface area contributed by atoms with Crippen LogP contribution in [0, 0.1) is 11.6 Å². The van der Waals surface area contributed by atoms with Gasteiger partial charge in [-0.05, 0) is 36.8 Å². The number of carbonyl (C=O) groups excluding carboxylic acids is 1. The Hall–Kier alpha value is -3.19. The molecule has 0 bridgehead atoms. The van der Waals surface area contributed by atoms with Crippen molar-refractivity contribution in [3.05, 3.63) is 95.1 Å². The van der Waals surface area contributed by atoms with Crippen LogP contribution in [0.25, 0.3) is 11.0 Å². The minimum absolute atomic E-state index is 0.229. The summed E-state index contributed by atoms with van der Waals surface area (Å²) in [5.41, 5.74) is 3.26. The van der Waals surface area contributed by atoms with Gasteiger partial charge >= 0.3 is 5.97 Å². The predicted octanol–water partition coefficient (Wildman–Crippen LogP) is 5.83. The number of ether oxygens (including phenoxy) is 1. The van der Waals surface area contributed by atoms with Crippen LogP contribution in [-0.4, -0.2) is 22.1 Å². The largest absolute Gasteiger partial charge is 0.462 e. The van der Waals surface area contributed by atoms with Crippen molar-refractivity contribution in [1.82, 2.24) is 9.55 Å². The van der Waals surface area contributed by atoms with Crippen LogP contribution in [0.2, 0.25) is 0 Å². The molecule has 158 valence electrons. The van der Waals surface area contributed by atoms with Gasteiger partial charge in [0.15, 0.2) is 16.8 Å². The van der Waals surface area contributed by atoms with Crippen molar-refractivity contribution >= 4 is 28.8 Å². The van der Waals surface area contributed by atoms with E-state index in [4.69, 9.17) is 4.74 Å². The van der Waals surface area contributed by atoms with E-state index >= 15 is 0 Å². The lowest BCUT2D eigenvalue weighted by atomic mass is 10.2. The number of thioether (sulfide) groups is 1. The van der Waals surface area contributed by atoms with Crippen LogP contribution in [-0.2, 0) is 17.0 Å². The molecule has 1 aromatic heterocycles. The molecule has 0 saturated carbocycles. The van der Waals surface area contributed by atoms with Crippen LogP contribution in [0.3, 0.4) is 0 Å². The molecule has 4 aromatic rings. The molecule has 0 amide bonds. The number of benzene rings is 3. The fraction of sp³-hybridized carbons (Fsp3) is 0.167. The van der Waals surface area contributed by atoms with Gasteiger partial charge in [-0.1, -0.05) is 54.2 Å². The van der Waals surface area contributed by atoms with Gasteiger partial charge in [-0.25, -0.2) is 18.6 Å². The molecule has 4 rings (SSSR count). The first-order valence-corrected chi connectivity index (χ1v) is 10.8. The monoisotopic (exact) mass is 438 g/mol. The van der Waals surface area contributed by atoms with Crippen LogP contribution in [0.15, 0.2) is 71.9 Å². The Labute approximate surface area is 182 Å². The highest BCUT2D eigenvalue weighted by atomic mass is 32.2. The van der Waals surface area contributed by atoms with Crippen molar-refractivity contribution in [1.29, 1.82) is 0 Å². The second-order valence-electron chi connectivity index (χ2n) is 6.89. The minimum atomic E-state index is -0.866. The molecule has 0 N–H and O–H groups in total. The Balaban J connectivity index is 1.71. The molecule has 0 radical (unpaired) electrons. The minimum Gasteiger partial charge on any atom is -0.462 e. The molecule has 0 aliphatic carbocycles. The highest BCUT2D eigenvalue weighted by Gasteiger charge is 2.16. The van der Waals surface area contributed by atoms with Gasteiger partial charge in [-0.3, -0.25) is 0 Å². The number of halogens is 2. The van der Waals surface area contributed by atoms with E-state index in [1.807, 2.05) is 41.0 Å². The molecule has 0 fully saturated rings. The maximum atomic E-state index is 14.1. The molecule has 0 aliphatic rings. The first-order chi connectivity index (χ1) is 15.1. The third kappa shape index (κ3) is 4.61. The number of fused-ring (bicyclic) bond motifs is 1. The maximum Gasteiger partial charge on any atom is 0.338 e. The number of hydrogen-bond acceptors (Lipinski definition) is 4. The molecule has 0 atom stereocenters. The van der Waals surface area contributed by atoms with Crippen LogP contribution >= 0.6 is 11.8 Å². The van der Waals surface area contributed by atoms with Gasteiger partial charge in [0.1, 0.15) is 0 Å². The van der Waals surface area contributed by atoms with Gasteiger partial charge in [0, 0.05) is 11.3 Å².